The van der Waals surface area contributed by atoms with E-state index in [9.17, 15) is 23.2 Å². The Morgan fingerprint density at radius 1 is 0.900 bits per heavy atom. The molecule has 0 saturated carbocycles. The van der Waals surface area contributed by atoms with E-state index in [1.54, 1.807) is 17.1 Å². The maximum Gasteiger partial charge on any atom is 0.417 e. The quantitative estimate of drug-likeness (QED) is 0.570. The first kappa shape index (κ1) is 19.8. The number of hydrogen-bond donors (Lipinski definition) is 0. The summed E-state index contributed by atoms with van der Waals surface area (Å²) in [7, 11) is 0. The maximum atomic E-state index is 13.5. The van der Waals surface area contributed by atoms with Crippen molar-refractivity contribution in [1.29, 1.82) is 5.26 Å². The molecule has 0 bridgehead atoms. The smallest absolute Gasteiger partial charge is 0.282 e. The molecule has 152 valence electrons. The van der Waals surface area contributed by atoms with Gasteiger partial charge in [-0.25, -0.2) is 5.01 Å². The fourth-order valence-corrected chi connectivity index (χ4v) is 3.89. The van der Waals surface area contributed by atoms with Crippen molar-refractivity contribution in [1.82, 2.24) is 5.01 Å². The molecule has 1 fully saturated rings. The minimum Gasteiger partial charge on any atom is -0.282 e. The summed E-state index contributed by atoms with van der Waals surface area (Å²) in [4.78, 5) is 13.2. The number of halogens is 3. The van der Waals surface area contributed by atoms with Crippen molar-refractivity contribution >= 4 is 22.4 Å². The van der Waals surface area contributed by atoms with Crippen LogP contribution in [0.25, 0.3) is 10.8 Å². The van der Waals surface area contributed by atoms with Gasteiger partial charge in [-0.1, -0.05) is 36.4 Å². The lowest BCUT2D eigenvalue weighted by atomic mass is 10.0. The average molecular weight is 409 g/mol. The third kappa shape index (κ3) is 3.45. The summed E-state index contributed by atoms with van der Waals surface area (Å²) in [5, 5.41) is 14.0. The van der Waals surface area contributed by atoms with Crippen LogP contribution in [0.3, 0.4) is 0 Å². The van der Waals surface area contributed by atoms with E-state index >= 15 is 0 Å². The average Bonchev–Trinajstić information content (AvgIpc) is 2.77. The number of benzene rings is 3. The highest BCUT2D eigenvalue weighted by Gasteiger charge is 2.37. The van der Waals surface area contributed by atoms with Gasteiger partial charge in [0.05, 0.1) is 28.4 Å². The molecule has 30 heavy (non-hydrogen) atoms. The topological polar surface area (TPSA) is 47.3 Å². The van der Waals surface area contributed by atoms with E-state index in [0.717, 1.165) is 23.3 Å². The minimum absolute atomic E-state index is 0.319. The normalized spacial score (nSPS) is 14.6. The molecule has 0 unspecified atom stereocenters. The van der Waals surface area contributed by atoms with Crippen molar-refractivity contribution in [3.05, 3.63) is 77.4 Å². The number of fused-ring (bicyclic) bond motifs is 1. The SMILES string of the molecule is N#Cc1ccc(N2CCCCN2C(=O)c2ccccc2C(F)(F)F)c2ccccc12. The third-order valence-electron chi connectivity index (χ3n) is 5.28. The second-order valence-electron chi connectivity index (χ2n) is 7.09. The first-order chi connectivity index (χ1) is 14.4. The van der Waals surface area contributed by atoms with Gasteiger partial charge >= 0.3 is 6.18 Å². The third-order valence-corrected chi connectivity index (χ3v) is 5.28. The second kappa shape index (κ2) is 7.71. The van der Waals surface area contributed by atoms with Crippen molar-refractivity contribution in [2.24, 2.45) is 0 Å². The number of amides is 1. The fraction of sp³-hybridized carbons (Fsp3) is 0.217. The fourth-order valence-electron chi connectivity index (χ4n) is 3.89. The van der Waals surface area contributed by atoms with Crippen LogP contribution >= 0.6 is 0 Å². The van der Waals surface area contributed by atoms with Gasteiger partial charge in [0, 0.05) is 23.9 Å². The van der Waals surface area contributed by atoms with Crippen molar-refractivity contribution in [2.45, 2.75) is 19.0 Å². The zero-order valence-corrected chi connectivity index (χ0v) is 16.0. The van der Waals surface area contributed by atoms with E-state index in [-0.39, 0.29) is 5.56 Å². The van der Waals surface area contributed by atoms with E-state index in [4.69, 9.17) is 0 Å². The number of nitrogens with zero attached hydrogens (tertiary/aromatic N) is 3. The van der Waals surface area contributed by atoms with E-state index < -0.39 is 17.6 Å². The van der Waals surface area contributed by atoms with Crippen molar-refractivity contribution < 1.29 is 18.0 Å². The number of hydrazine groups is 1. The Labute approximate surface area is 171 Å². The van der Waals surface area contributed by atoms with Gasteiger partial charge in [-0.15, -0.1) is 0 Å². The summed E-state index contributed by atoms with van der Waals surface area (Å²) in [5.74, 6) is -0.684. The van der Waals surface area contributed by atoms with Crippen LogP contribution in [0.2, 0.25) is 0 Å². The molecule has 0 spiro atoms. The van der Waals surface area contributed by atoms with Gasteiger partial charge in [0.1, 0.15) is 0 Å². The first-order valence-corrected chi connectivity index (χ1v) is 9.59. The highest BCUT2D eigenvalue weighted by molar-refractivity contribution is 6.01. The van der Waals surface area contributed by atoms with Crippen LogP contribution in [-0.4, -0.2) is 24.0 Å². The molecular weight excluding hydrogens is 391 g/mol. The molecular formula is C23H18F3N3O. The van der Waals surface area contributed by atoms with E-state index in [1.165, 1.54) is 23.2 Å². The summed E-state index contributed by atoms with van der Waals surface area (Å²) in [6.07, 6.45) is -3.11. The lowest BCUT2D eigenvalue weighted by Gasteiger charge is -2.41. The van der Waals surface area contributed by atoms with Crippen molar-refractivity contribution in [2.75, 3.05) is 18.1 Å². The molecule has 3 aromatic rings. The zero-order valence-electron chi connectivity index (χ0n) is 16.0. The highest BCUT2D eigenvalue weighted by atomic mass is 19.4. The molecule has 0 radical (unpaired) electrons. The molecule has 0 aromatic heterocycles. The first-order valence-electron chi connectivity index (χ1n) is 9.59. The lowest BCUT2D eigenvalue weighted by Crippen LogP contribution is -2.51. The van der Waals surface area contributed by atoms with Crippen LogP contribution in [0.5, 0.6) is 0 Å². The molecule has 1 aliphatic rings. The Balaban J connectivity index is 1.81. The van der Waals surface area contributed by atoms with E-state index in [1.807, 2.05) is 24.3 Å². The number of carbonyl (C=O) groups excluding carboxylic acids is 1. The molecule has 4 nitrogen and oxygen atoms in total. The molecule has 1 heterocycles. The molecule has 1 aliphatic heterocycles. The Hall–Kier alpha value is -3.53. The lowest BCUT2D eigenvalue weighted by molar-refractivity contribution is -0.138. The minimum atomic E-state index is -4.62. The molecule has 4 rings (SSSR count). The van der Waals surface area contributed by atoms with Gasteiger partial charge in [-0.05, 0) is 37.1 Å². The standard InChI is InChI=1S/C23H18F3N3O/c24-23(25,26)20-10-4-3-9-19(20)22(30)29-14-6-5-13-28(29)21-12-11-16(15-27)17-7-1-2-8-18(17)21/h1-4,7-12H,5-6,13-14H2. The molecule has 1 saturated heterocycles. The van der Waals surface area contributed by atoms with Crippen LogP contribution in [0.1, 0.15) is 34.3 Å². The summed E-state index contributed by atoms with van der Waals surface area (Å²) in [6, 6.07) is 17.8. The largest absolute Gasteiger partial charge is 0.417 e. The predicted octanol–water partition coefficient (Wildman–Crippen LogP) is 5.39. The van der Waals surface area contributed by atoms with Crippen molar-refractivity contribution in [3.8, 4) is 6.07 Å². The predicted molar refractivity (Wildman–Crippen MR) is 108 cm³/mol. The monoisotopic (exact) mass is 409 g/mol. The van der Waals surface area contributed by atoms with Gasteiger partial charge in [-0.2, -0.15) is 18.4 Å². The second-order valence-corrected chi connectivity index (χ2v) is 7.09. The van der Waals surface area contributed by atoms with Crippen LogP contribution < -0.4 is 5.01 Å². The number of anilines is 1. The number of carbonyl (C=O) groups is 1. The Bertz CT molecular complexity index is 1150. The Kier molecular flexibility index (Phi) is 5.08. The Morgan fingerprint density at radius 3 is 2.30 bits per heavy atom. The summed E-state index contributed by atoms with van der Waals surface area (Å²) in [6.45, 7) is 0.815. The van der Waals surface area contributed by atoms with E-state index in [2.05, 4.69) is 6.07 Å². The molecule has 3 aromatic carbocycles. The van der Waals surface area contributed by atoms with Gasteiger partial charge in [-0.3, -0.25) is 9.80 Å². The maximum absolute atomic E-state index is 13.5. The van der Waals surface area contributed by atoms with Gasteiger partial charge < -0.3 is 0 Å². The van der Waals surface area contributed by atoms with Gasteiger partial charge in [0.15, 0.2) is 0 Å². The zero-order chi connectivity index (χ0) is 21.3. The highest BCUT2D eigenvalue weighted by Crippen LogP contribution is 2.35. The molecule has 7 heteroatoms. The van der Waals surface area contributed by atoms with Gasteiger partial charge in [0.2, 0.25) is 0 Å². The van der Waals surface area contributed by atoms with Crippen LogP contribution in [0.4, 0.5) is 18.9 Å². The van der Waals surface area contributed by atoms with Crippen LogP contribution in [0.15, 0.2) is 60.7 Å². The summed E-state index contributed by atoms with van der Waals surface area (Å²) < 4.78 is 40.4. The number of alkyl halides is 3. The van der Waals surface area contributed by atoms with Gasteiger partial charge in [0.25, 0.3) is 5.91 Å². The molecule has 1 amide bonds. The van der Waals surface area contributed by atoms with Crippen LogP contribution in [0, 0.1) is 11.3 Å². The molecule has 0 aliphatic carbocycles. The number of hydrogen-bond acceptors (Lipinski definition) is 3. The van der Waals surface area contributed by atoms with Crippen molar-refractivity contribution in [3.63, 3.8) is 0 Å². The molecule has 0 atom stereocenters. The number of nitriles is 1. The summed E-state index contributed by atoms with van der Waals surface area (Å²) in [5.41, 5.74) is -0.103. The Morgan fingerprint density at radius 2 is 1.57 bits per heavy atom. The van der Waals surface area contributed by atoms with Crippen LogP contribution in [-0.2, 0) is 6.18 Å². The molecule has 0 N–H and O–H groups in total. The summed E-state index contributed by atoms with van der Waals surface area (Å²) >= 11 is 0. The number of rotatable bonds is 2. The van der Waals surface area contributed by atoms with E-state index in [0.29, 0.717) is 30.8 Å².